The van der Waals surface area contributed by atoms with Gasteiger partial charge >= 0.3 is 5.97 Å². The summed E-state index contributed by atoms with van der Waals surface area (Å²) < 4.78 is 22.4. The highest BCUT2D eigenvalue weighted by Crippen LogP contribution is 2.28. The Morgan fingerprint density at radius 2 is 1.71 bits per heavy atom. The Morgan fingerprint density at radius 3 is 2.41 bits per heavy atom. The maximum absolute atomic E-state index is 13.1. The second-order valence-electron chi connectivity index (χ2n) is 7.35. The van der Waals surface area contributed by atoms with Gasteiger partial charge in [-0.2, -0.15) is 0 Å². The van der Waals surface area contributed by atoms with Crippen LogP contribution in [0.1, 0.15) is 28.6 Å². The number of carbonyl (C=O) groups is 1. The van der Waals surface area contributed by atoms with Crippen molar-refractivity contribution in [3.05, 3.63) is 97.8 Å². The lowest BCUT2D eigenvalue weighted by atomic mass is 10.2. The lowest BCUT2D eigenvalue weighted by molar-refractivity contribution is 0.0526. The van der Waals surface area contributed by atoms with Crippen molar-refractivity contribution < 1.29 is 23.4 Å². The van der Waals surface area contributed by atoms with Crippen LogP contribution in [0.15, 0.2) is 69.9 Å². The Bertz CT molecular complexity index is 1410. The molecule has 0 atom stereocenters. The first-order valence-corrected chi connectivity index (χ1v) is 11.2. The van der Waals surface area contributed by atoms with Crippen LogP contribution in [0.25, 0.3) is 11.0 Å². The maximum atomic E-state index is 13.1. The van der Waals surface area contributed by atoms with Gasteiger partial charge < -0.3 is 18.6 Å². The van der Waals surface area contributed by atoms with E-state index in [4.69, 9.17) is 41.8 Å². The summed E-state index contributed by atoms with van der Waals surface area (Å²) >= 11 is 12.1. The molecule has 3 aromatic carbocycles. The Labute approximate surface area is 205 Å². The molecule has 1 heterocycles. The molecule has 0 N–H and O–H groups in total. The van der Waals surface area contributed by atoms with Crippen molar-refractivity contribution in [3.8, 4) is 17.2 Å². The van der Waals surface area contributed by atoms with Crippen molar-refractivity contribution in [3.63, 3.8) is 0 Å². The normalized spacial score (nSPS) is 10.8. The van der Waals surface area contributed by atoms with Gasteiger partial charge in [0.25, 0.3) is 0 Å². The van der Waals surface area contributed by atoms with Gasteiger partial charge in [-0.15, -0.1) is 0 Å². The highest BCUT2D eigenvalue weighted by molar-refractivity contribution is 6.35. The third kappa shape index (κ3) is 5.19. The maximum Gasteiger partial charge on any atom is 0.338 e. The summed E-state index contributed by atoms with van der Waals surface area (Å²) in [7, 11) is 0. The third-order valence-corrected chi connectivity index (χ3v) is 5.57. The molecule has 0 radical (unpaired) electrons. The summed E-state index contributed by atoms with van der Waals surface area (Å²) in [5.74, 6) is 0.863. The largest absolute Gasteiger partial charge is 0.489 e. The minimum absolute atomic E-state index is 0.0676. The topological polar surface area (TPSA) is 75.0 Å². The number of esters is 1. The van der Waals surface area contributed by atoms with E-state index in [1.54, 1.807) is 74.5 Å². The van der Waals surface area contributed by atoms with Gasteiger partial charge in [0.05, 0.1) is 17.6 Å². The molecule has 0 aliphatic carbocycles. The van der Waals surface area contributed by atoms with Crippen LogP contribution < -0.4 is 14.9 Å². The van der Waals surface area contributed by atoms with E-state index in [1.807, 2.05) is 0 Å². The zero-order valence-corrected chi connectivity index (χ0v) is 19.9. The second-order valence-corrected chi connectivity index (χ2v) is 8.19. The minimum atomic E-state index is -0.424. The van der Waals surface area contributed by atoms with Gasteiger partial charge in [-0.3, -0.25) is 4.79 Å². The van der Waals surface area contributed by atoms with E-state index < -0.39 is 5.97 Å². The van der Waals surface area contributed by atoms with Crippen LogP contribution in [0.2, 0.25) is 10.0 Å². The molecule has 0 saturated carbocycles. The Morgan fingerprint density at radius 1 is 0.971 bits per heavy atom. The molecule has 0 unspecified atom stereocenters. The van der Waals surface area contributed by atoms with Crippen LogP contribution >= 0.6 is 23.2 Å². The van der Waals surface area contributed by atoms with E-state index in [-0.39, 0.29) is 24.4 Å². The molecule has 4 aromatic rings. The first kappa shape index (κ1) is 23.7. The summed E-state index contributed by atoms with van der Waals surface area (Å²) in [6.07, 6.45) is 0. The van der Waals surface area contributed by atoms with Crippen molar-refractivity contribution in [1.82, 2.24) is 0 Å². The van der Waals surface area contributed by atoms with Crippen LogP contribution in [-0.4, -0.2) is 12.6 Å². The average Bonchev–Trinajstić information content (AvgIpc) is 2.81. The number of halogens is 2. The Hall–Kier alpha value is -3.48. The van der Waals surface area contributed by atoms with Crippen LogP contribution in [0.5, 0.6) is 17.2 Å². The first-order chi connectivity index (χ1) is 16.4. The van der Waals surface area contributed by atoms with Crippen molar-refractivity contribution in [2.75, 3.05) is 6.61 Å². The molecule has 0 bridgehead atoms. The molecule has 0 spiro atoms. The molecule has 4 rings (SSSR count). The lowest BCUT2D eigenvalue weighted by Crippen LogP contribution is -2.08. The van der Waals surface area contributed by atoms with Crippen molar-refractivity contribution >= 4 is 40.1 Å². The predicted octanol–water partition coefficient (Wildman–Crippen LogP) is 6.96. The molecule has 34 heavy (non-hydrogen) atoms. The molecule has 0 aliphatic heterocycles. The van der Waals surface area contributed by atoms with Crippen LogP contribution in [0.4, 0.5) is 0 Å². The predicted molar refractivity (Wildman–Crippen MR) is 130 cm³/mol. The highest BCUT2D eigenvalue weighted by Gasteiger charge is 2.15. The molecule has 0 saturated heterocycles. The number of carbonyl (C=O) groups excluding carboxylic acids is 1. The molecule has 1 aromatic heterocycles. The van der Waals surface area contributed by atoms with Crippen LogP contribution in [0, 0.1) is 6.92 Å². The van der Waals surface area contributed by atoms with E-state index in [0.29, 0.717) is 43.8 Å². The summed E-state index contributed by atoms with van der Waals surface area (Å²) in [4.78, 5) is 24.9. The van der Waals surface area contributed by atoms with Crippen LogP contribution in [-0.2, 0) is 11.3 Å². The van der Waals surface area contributed by atoms with Crippen molar-refractivity contribution in [2.24, 2.45) is 0 Å². The van der Waals surface area contributed by atoms with Gasteiger partial charge in [0, 0.05) is 21.7 Å². The zero-order valence-electron chi connectivity index (χ0n) is 18.4. The fourth-order valence-electron chi connectivity index (χ4n) is 3.27. The van der Waals surface area contributed by atoms with Gasteiger partial charge in [-0.25, -0.2) is 4.79 Å². The first-order valence-electron chi connectivity index (χ1n) is 10.4. The fourth-order valence-corrected chi connectivity index (χ4v) is 3.73. The van der Waals surface area contributed by atoms with Gasteiger partial charge in [0.2, 0.25) is 11.2 Å². The standard InChI is InChI=1S/C26H20Cl2O6/c1-3-31-26(30)16-5-8-19(9-6-16)34-25-15(2)33-23-13-20(10-11-21(23)24(25)29)32-14-17-4-7-18(27)12-22(17)28/h4-13H,3,14H2,1-2H3. The number of hydrogen-bond acceptors (Lipinski definition) is 6. The van der Waals surface area contributed by atoms with Gasteiger partial charge in [0.15, 0.2) is 0 Å². The monoisotopic (exact) mass is 498 g/mol. The van der Waals surface area contributed by atoms with E-state index in [0.717, 1.165) is 5.56 Å². The second kappa shape index (κ2) is 10.2. The molecular formula is C26H20Cl2O6. The third-order valence-electron chi connectivity index (χ3n) is 4.98. The molecule has 8 heteroatoms. The highest BCUT2D eigenvalue weighted by atomic mass is 35.5. The van der Waals surface area contributed by atoms with Gasteiger partial charge in [-0.05, 0) is 62.4 Å². The SMILES string of the molecule is CCOC(=O)c1ccc(Oc2c(C)oc3cc(OCc4ccc(Cl)cc4Cl)ccc3c2=O)cc1. The number of hydrogen-bond donors (Lipinski definition) is 0. The number of fused-ring (bicyclic) bond motifs is 1. The molecule has 0 aliphatic rings. The number of aryl methyl sites for hydroxylation is 1. The molecule has 6 nitrogen and oxygen atoms in total. The number of ether oxygens (including phenoxy) is 3. The minimum Gasteiger partial charge on any atom is -0.489 e. The molecule has 0 fully saturated rings. The van der Waals surface area contributed by atoms with Crippen LogP contribution in [0.3, 0.4) is 0 Å². The Balaban J connectivity index is 1.55. The number of benzene rings is 3. The van der Waals surface area contributed by atoms with Crippen molar-refractivity contribution in [1.29, 1.82) is 0 Å². The van der Waals surface area contributed by atoms with E-state index >= 15 is 0 Å². The van der Waals surface area contributed by atoms with Crippen molar-refractivity contribution in [2.45, 2.75) is 20.5 Å². The summed E-state index contributed by atoms with van der Waals surface area (Å²) in [6.45, 7) is 3.90. The summed E-state index contributed by atoms with van der Waals surface area (Å²) in [6, 6.07) is 16.4. The summed E-state index contributed by atoms with van der Waals surface area (Å²) in [5, 5.41) is 1.40. The van der Waals surface area contributed by atoms with E-state index in [2.05, 4.69) is 0 Å². The lowest BCUT2D eigenvalue weighted by Gasteiger charge is -2.11. The Kier molecular flexibility index (Phi) is 7.10. The van der Waals surface area contributed by atoms with Gasteiger partial charge in [0.1, 0.15) is 29.4 Å². The molecular weight excluding hydrogens is 479 g/mol. The van der Waals surface area contributed by atoms with E-state index in [1.165, 1.54) is 0 Å². The quantitative estimate of drug-likeness (QED) is 0.256. The smallest absolute Gasteiger partial charge is 0.338 e. The van der Waals surface area contributed by atoms with E-state index in [9.17, 15) is 9.59 Å². The molecule has 174 valence electrons. The fraction of sp³-hybridized carbons (Fsp3) is 0.154. The average molecular weight is 499 g/mol. The number of rotatable bonds is 7. The molecule has 0 amide bonds. The zero-order chi connectivity index (χ0) is 24.2. The van der Waals surface area contributed by atoms with Gasteiger partial charge in [-0.1, -0.05) is 29.3 Å². The summed E-state index contributed by atoms with van der Waals surface area (Å²) in [5.41, 5.74) is 1.22.